The van der Waals surface area contributed by atoms with Gasteiger partial charge < -0.3 is 15.4 Å². The number of aryl methyl sites for hydroxylation is 1. The standard InChI is InChI=1S/C17H31N5OS/c1-5-18-17(21-12-16-19-10-14(4)24-16)20-11-15(13(2)3)22-6-8-23-9-7-22/h10,13,15H,5-9,11-12H2,1-4H3,(H2,18,20,21). The molecular formula is C17H31N5OS. The van der Waals surface area contributed by atoms with Crippen LogP contribution in [-0.4, -0.2) is 61.3 Å². The molecule has 0 bridgehead atoms. The van der Waals surface area contributed by atoms with E-state index in [1.807, 2.05) is 6.20 Å². The number of nitrogens with zero attached hydrogens (tertiary/aromatic N) is 3. The van der Waals surface area contributed by atoms with Crippen molar-refractivity contribution in [1.29, 1.82) is 0 Å². The number of morpholine rings is 1. The Kier molecular flexibility index (Phi) is 7.94. The van der Waals surface area contributed by atoms with E-state index in [4.69, 9.17) is 4.74 Å². The molecule has 1 aromatic rings. The van der Waals surface area contributed by atoms with E-state index in [-0.39, 0.29) is 0 Å². The van der Waals surface area contributed by atoms with Gasteiger partial charge in [-0.05, 0) is 19.8 Å². The monoisotopic (exact) mass is 353 g/mol. The lowest BCUT2D eigenvalue weighted by molar-refractivity contribution is 0.00752. The van der Waals surface area contributed by atoms with Crippen molar-refractivity contribution in [3.05, 3.63) is 16.1 Å². The maximum absolute atomic E-state index is 5.48. The number of rotatable bonds is 7. The summed E-state index contributed by atoms with van der Waals surface area (Å²) in [5.41, 5.74) is 0. The molecule has 0 saturated carbocycles. The Bertz CT molecular complexity index is 511. The number of thiazole rings is 1. The molecule has 1 atom stereocenters. The van der Waals surface area contributed by atoms with Gasteiger partial charge in [0.2, 0.25) is 0 Å². The van der Waals surface area contributed by atoms with Crippen molar-refractivity contribution in [2.45, 2.75) is 40.3 Å². The van der Waals surface area contributed by atoms with Crippen LogP contribution in [0.15, 0.2) is 11.2 Å². The van der Waals surface area contributed by atoms with Crippen LogP contribution in [0.3, 0.4) is 0 Å². The predicted octanol–water partition coefficient (Wildman–Crippen LogP) is 1.86. The van der Waals surface area contributed by atoms with Crippen molar-refractivity contribution in [2.24, 2.45) is 10.9 Å². The van der Waals surface area contributed by atoms with E-state index in [0.29, 0.717) is 18.5 Å². The number of ether oxygens (including phenoxy) is 1. The lowest BCUT2D eigenvalue weighted by Gasteiger charge is -2.37. The van der Waals surface area contributed by atoms with Gasteiger partial charge in [0, 0.05) is 43.3 Å². The fourth-order valence-corrected chi connectivity index (χ4v) is 3.57. The van der Waals surface area contributed by atoms with Gasteiger partial charge in [-0.25, -0.2) is 9.98 Å². The Morgan fingerprint density at radius 3 is 2.71 bits per heavy atom. The van der Waals surface area contributed by atoms with Crippen LogP contribution in [-0.2, 0) is 11.3 Å². The number of nitrogens with one attached hydrogen (secondary N) is 2. The second-order valence-corrected chi connectivity index (χ2v) is 7.72. The number of aromatic nitrogens is 1. The van der Waals surface area contributed by atoms with Gasteiger partial charge in [0.05, 0.1) is 19.8 Å². The number of guanidine groups is 1. The Hall–Kier alpha value is -1.18. The molecule has 1 fully saturated rings. The molecule has 6 nitrogen and oxygen atoms in total. The molecule has 2 heterocycles. The lowest BCUT2D eigenvalue weighted by Crippen LogP contribution is -2.52. The van der Waals surface area contributed by atoms with Crippen LogP contribution < -0.4 is 10.6 Å². The Morgan fingerprint density at radius 1 is 1.38 bits per heavy atom. The van der Waals surface area contributed by atoms with Crippen molar-refractivity contribution < 1.29 is 4.74 Å². The summed E-state index contributed by atoms with van der Waals surface area (Å²) in [5.74, 6) is 1.45. The maximum Gasteiger partial charge on any atom is 0.191 e. The molecule has 0 aliphatic carbocycles. The van der Waals surface area contributed by atoms with Crippen LogP contribution in [0.1, 0.15) is 30.7 Å². The first-order chi connectivity index (χ1) is 11.6. The molecular weight excluding hydrogens is 322 g/mol. The second-order valence-electron chi connectivity index (χ2n) is 6.40. The second kappa shape index (κ2) is 9.96. The van der Waals surface area contributed by atoms with E-state index in [2.05, 4.69) is 53.2 Å². The van der Waals surface area contributed by atoms with Crippen LogP contribution in [0.5, 0.6) is 0 Å². The first kappa shape index (κ1) is 19.1. The van der Waals surface area contributed by atoms with Gasteiger partial charge in [0.1, 0.15) is 5.01 Å². The molecule has 7 heteroatoms. The molecule has 0 radical (unpaired) electrons. The molecule has 1 saturated heterocycles. The first-order valence-electron chi connectivity index (χ1n) is 8.85. The van der Waals surface area contributed by atoms with Crippen LogP contribution in [0, 0.1) is 12.8 Å². The molecule has 1 aromatic heterocycles. The maximum atomic E-state index is 5.48. The highest BCUT2D eigenvalue weighted by Crippen LogP contribution is 2.13. The zero-order valence-electron chi connectivity index (χ0n) is 15.3. The zero-order chi connectivity index (χ0) is 17.4. The topological polar surface area (TPSA) is 61.8 Å². The predicted molar refractivity (Wildman–Crippen MR) is 101 cm³/mol. The average Bonchev–Trinajstić information content (AvgIpc) is 2.99. The summed E-state index contributed by atoms with van der Waals surface area (Å²) in [7, 11) is 0. The summed E-state index contributed by atoms with van der Waals surface area (Å²) < 4.78 is 5.48. The van der Waals surface area contributed by atoms with Crippen molar-refractivity contribution >= 4 is 17.3 Å². The smallest absolute Gasteiger partial charge is 0.191 e. The number of hydrogen-bond acceptors (Lipinski definition) is 5. The van der Waals surface area contributed by atoms with Gasteiger partial charge in [0.15, 0.2) is 5.96 Å². The third-order valence-electron chi connectivity index (χ3n) is 4.15. The van der Waals surface area contributed by atoms with Gasteiger partial charge in [0.25, 0.3) is 0 Å². The van der Waals surface area contributed by atoms with Crippen molar-refractivity contribution in [3.63, 3.8) is 0 Å². The normalized spacial score (nSPS) is 18.0. The van der Waals surface area contributed by atoms with E-state index in [1.165, 1.54) is 4.88 Å². The minimum atomic E-state index is 0.486. The molecule has 136 valence electrons. The molecule has 0 spiro atoms. The van der Waals surface area contributed by atoms with Gasteiger partial charge in [-0.3, -0.25) is 4.90 Å². The third kappa shape index (κ3) is 6.03. The number of aliphatic imine (C=N–C) groups is 1. The van der Waals surface area contributed by atoms with Crippen molar-refractivity contribution in [3.8, 4) is 0 Å². The van der Waals surface area contributed by atoms with Crippen LogP contribution in [0.2, 0.25) is 0 Å². The molecule has 0 amide bonds. The summed E-state index contributed by atoms with van der Waals surface area (Å²) >= 11 is 1.70. The van der Waals surface area contributed by atoms with Crippen LogP contribution >= 0.6 is 11.3 Å². The van der Waals surface area contributed by atoms with Crippen molar-refractivity contribution in [1.82, 2.24) is 20.5 Å². The molecule has 0 aromatic carbocycles. The molecule has 2 N–H and O–H groups in total. The van der Waals surface area contributed by atoms with Gasteiger partial charge >= 0.3 is 0 Å². The quantitative estimate of drug-likeness (QED) is 0.579. The first-order valence-corrected chi connectivity index (χ1v) is 9.67. The lowest BCUT2D eigenvalue weighted by atomic mass is 10.0. The summed E-state index contributed by atoms with van der Waals surface area (Å²) in [5, 5.41) is 7.89. The molecule has 1 aliphatic heterocycles. The number of hydrogen-bond donors (Lipinski definition) is 2. The zero-order valence-corrected chi connectivity index (χ0v) is 16.2. The Balaban J connectivity index is 1.92. The SMILES string of the molecule is CCNC(=NCc1ncc(C)s1)NCC(C(C)C)N1CCOCC1. The highest BCUT2D eigenvalue weighted by atomic mass is 32.1. The Labute approximate surface area is 149 Å². The average molecular weight is 354 g/mol. The highest BCUT2D eigenvalue weighted by Gasteiger charge is 2.23. The minimum Gasteiger partial charge on any atom is -0.379 e. The molecule has 2 rings (SSSR count). The van der Waals surface area contributed by atoms with Gasteiger partial charge in [-0.15, -0.1) is 11.3 Å². The summed E-state index contributed by atoms with van der Waals surface area (Å²) in [6.07, 6.45) is 1.91. The van der Waals surface area contributed by atoms with E-state index < -0.39 is 0 Å². The van der Waals surface area contributed by atoms with Crippen molar-refractivity contribution in [2.75, 3.05) is 39.4 Å². The van der Waals surface area contributed by atoms with Crippen LogP contribution in [0.4, 0.5) is 0 Å². The Morgan fingerprint density at radius 2 is 2.12 bits per heavy atom. The minimum absolute atomic E-state index is 0.486. The third-order valence-corrected chi connectivity index (χ3v) is 5.05. The van der Waals surface area contributed by atoms with E-state index in [0.717, 1.165) is 50.4 Å². The summed E-state index contributed by atoms with van der Waals surface area (Å²) in [4.78, 5) is 12.8. The van der Waals surface area contributed by atoms with E-state index in [9.17, 15) is 0 Å². The summed E-state index contributed by atoms with van der Waals surface area (Å²) in [6.45, 7) is 14.8. The van der Waals surface area contributed by atoms with Gasteiger partial charge in [-0.1, -0.05) is 13.8 Å². The van der Waals surface area contributed by atoms with E-state index >= 15 is 0 Å². The fraction of sp³-hybridized carbons (Fsp3) is 0.765. The van der Waals surface area contributed by atoms with E-state index in [1.54, 1.807) is 11.3 Å². The highest BCUT2D eigenvalue weighted by molar-refractivity contribution is 7.11. The van der Waals surface area contributed by atoms with Crippen LogP contribution in [0.25, 0.3) is 0 Å². The fourth-order valence-electron chi connectivity index (χ4n) is 2.86. The molecule has 1 aliphatic rings. The largest absolute Gasteiger partial charge is 0.379 e. The molecule has 1 unspecified atom stereocenters. The van der Waals surface area contributed by atoms with Gasteiger partial charge in [-0.2, -0.15) is 0 Å². The summed E-state index contributed by atoms with van der Waals surface area (Å²) in [6, 6.07) is 0.486. The molecule has 24 heavy (non-hydrogen) atoms.